The summed E-state index contributed by atoms with van der Waals surface area (Å²) >= 11 is 6.03. The average molecular weight is 500 g/mol. The number of halogens is 1. The van der Waals surface area contributed by atoms with Crippen molar-refractivity contribution in [3.8, 4) is 0 Å². The maximum absolute atomic E-state index is 13.6. The highest BCUT2D eigenvalue weighted by atomic mass is 35.5. The van der Waals surface area contributed by atoms with Crippen LogP contribution in [0.5, 0.6) is 0 Å². The molecule has 0 radical (unpaired) electrons. The van der Waals surface area contributed by atoms with Gasteiger partial charge in [-0.1, -0.05) is 63.6 Å². The first-order valence-corrected chi connectivity index (χ1v) is 12.2. The van der Waals surface area contributed by atoms with Crippen LogP contribution in [0.4, 0.5) is 5.69 Å². The van der Waals surface area contributed by atoms with Gasteiger partial charge in [0.1, 0.15) is 6.04 Å². The number of carbonyl (C=O) groups is 3. The number of likely N-dealkylation sites (tertiary alicyclic amines) is 1. The lowest BCUT2D eigenvalue weighted by molar-refractivity contribution is -0.155. The van der Waals surface area contributed by atoms with E-state index < -0.39 is 23.0 Å². The monoisotopic (exact) mass is 499 g/mol. The second kappa shape index (κ2) is 10.4. The van der Waals surface area contributed by atoms with Gasteiger partial charge in [-0.25, -0.2) is 0 Å². The number of piperidine rings is 1. The van der Waals surface area contributed by atoms with Gasteiger partial charge in [0, 0.05) is 30.5 Å². The minimum Gasteiger partial charge on any atom is -0.384 e. The summed E-state index contributed by atoms with van der Waals surface area (Å²) in [5.74, 6) is -1.09. The number of nitrogens with one attached hydrogen (secondary N) is 2. The zero-order chi connectivity index (χ0) is 26.0. The highest BCUT2D eigenvalue weighted by Gasteiger charge is 2.50. The molecule has 0 unspecified atom stereocenters. The maximum atomic E-state index is 13.6. The molecule has 7 nitrogen and oxygen atoms in total. The first-order chi connectivity index (χ1) is 16.4. The van der Waals surface area contributed by atoms with Gasteiger partial charge < -0.3 is 20.6 Å². The number of hydrogen-bond donors (Lipinski definition) is 3. The first kappa shape index (κ1) is 26.7. The van der Waals surface area contributed by atoms with Crippen molar-refractivity contribution in [1.29, 1.82) is 0 Å². The minimum atomic E-state index is -1.12. The molecule has 8 heteroatoms. The molecule has 3 N–H and O–H groups in total. The van der Waals surface area contributed by atoms with Crippen molar-refractivity contribution in [2.24, 2.45) is 11.3 Å². The lowest BCUT2D eigenvalue weighted by atomic mass is 9.66. The number of aliphatic hydroxyl groups is 1. The van der Waals surface area contributed by atoms with Crippen LogP contribution in [0.3, 0.4) is 0 Å². The Kier molecular flexibility index (Phi) is 7.92. The Morgan fingerprint density at radius 2 is 1.69 bits per heavy atom. The molecule has 2 aromatic carbocycles. The molecule has 0 bridgehead atoms. The van der Waals surface area contributed by atoms with Crippen LogP contribution in [0.25, 0.3) is 0 Å². The number of carbonyl (C=O) groups excluding carboxylic acids is 3. The predicted molar refractivity (Wildman–Crippen MR) is 137 cm³/mol. The Morgan fingerprint density at radius 3 is 2.26 bits per heavy atom. The molecule has 2 aromatic rings. The van der Waals surface area contributed by atoms with Crippen LogP contribution in [0, 0.1) is 11.3 Å². The molecule has 1 heterocycles. The van der Waals surface area contributed by atoms with E-state index in [2.05, 4.69) is 10.6 Å². The first-order valence-electron chi connectivity index (χ1n) is 11.8. The molecule has 0 aromatic heterocycles. The summed E-state index contributed by atoms with van der Waals surface area (Å²) in [5, 5.41) is 17.7. The van der Waals surface area contributed by atoms with Gasteiger partial charge in [0.15, 0.2) is 0 Å². The summed E-state index contributed by atoms with van der Waals surface area (Å²) in [6.45, 7) is 9.68. The summed E-state index contributed by atoms with van der Waals surface area (Å²) in [6.07, 6.45) is 0.359. The SMILES string of the molecule is CC(=O)Nc1ccccc1C(=O)N[C@@H](C(=O)N1CC[C@](O)(c2ccc(Cl)cc2)C(C)(C)C1)C(C)C. The van der Waals surface area contributed by atoms with Gasteiger partial charge in [0.2, 0.25) is 11.8 Å². The molecular formula is C27H34ClN3O4. The molecule has 2 atom stereocenters. The molecule has 1 aliphatic rings. The van der Waals surface area contributed by atoms with Crippen LogP contribution in [-0.4, -0.2) is 46.9 Å². The van der Waals surface area contributed by atoms with E-state index in [9.17, 15) is 19.5 Å². The highest BCUT2D eigenvalue weighted by molar-refractivity contribution is 6.30. The lowest BCUT2D eigenvalue weighted by Gasteiger charge is -2.51. The Labute approximate surface area is 211 Å². The standard InChI is InChI=1S/C27H34ClN3O4/c1-17(2)23(30-24(33)21-8-6-7-9-22(21)29-18(3)32)25(34)31-15-14-27(35,26(4,5)16-31)19-10-12-20(28)13-11-19/h6-13,17,23,35H,14-16H2,1-5H3,(H,29,32)(H,30,33)/t23-,27+/m1/s1. The van der Waals surface area contributed by atoms with E-state index in [-0.39, 0.29) is 23.3 Å². The number of hydrogen-bond acceptors (Lipinski definition) is 4. The van der Waals surface area contributed by atoms with Crippen LogP contribution >= 0.6 is 11.6 Å². The molecule has 1 fully saturated rings. The van der Waals surface area contributed by atoms with Crippen LogP contribution in [-0.2, 0) is 15.2 Å². The van der Waals surface area contributed by atoms with E-state index in [1.54, 1.807) is 41.3 Å². The van der Waals surface area contributed by atoms with Crippen molar-refractivity contribution in [3.63, 3.8) is 0 Å². The lowest BCUT2D eigenvalue weighted by Crippen LogP contribution is -2.60. The summed E-state index contributed by atoms with van der Waals surface area (Å²) in [5.41, 5.74) is -0.320. The zero-order valence-corrected chi connectivity index (χ0v) is 21.6. The van der Waals surface area contributed by atoms with E-state index in [0.717, 1.165) is 5.56 Å². The summed E-state index contributed by atoms with van der Waals surface area (Å²) in [6, 6.07) is 13.1. The molecular weight excluding hydrogens is 466 g/mol. The predicted octanol–water partition coefficient (Wildman–Crippen LogP) is 4.20. The minimum absolute atomic E-state index is 0.167. The quantitative estimate of drug-likeness (QED) is 0.554. The van der Waals surface area contributed by atoms with Crippen LogP contribution in [0.15, 0.2) is 48.5 Å². The second-order valence-electron chi connectivity index (χ2n) is 10.2. The van der Waals surface area contributed by atoms with E-state index in [4.69, 9.17) is 11.6 Å². The van der Waals surface area contributed by atoms with Crippen molar-refractivity contribution in [2.45, 2.75) is 52.7 Å². The van der Waals surface area contributed by atoms with Gasteiger partial charge in [-0.2, -0.15) is 0 Å². The largest absolute Gasteiger partial charge is 0.384 e. The third-order valence-corrected chi connectivity index (χ3v) is 7.04. The third-order valence-electron chi connectivity index (χ3n) is 6.78. The average Bonchev–Trinajstić information content (AvgIpc) is 2.78. The highest BCUT2D eigenvalue weighted by Crippen LogP contribution is 2.46. The molecule has 1 aliphatic heterocycles. The Bertz CT molecular complexity index is 1100. The van der Waals surface area contributed by atoms with E-state index >= 15 is 0 Å². The van der Waals surface area contributed by atoms with Crippen molar-refractivity contribution in [1.82, 2.24) is 10.2 Å². The van der Waals surface area contributed by atoms with Crippen LogP contribution in [0.1, 0.15) is 57.0 Å². The maximum Gasteiger partial charge on any atom is 0.254 e. The summed E-state index contributed by atoms with van der Waals surface area (Å²) in [4.78, 5) is 40.0. The second-order valence-corrected chi connectivity index (χ2v) is 10.6. The van der Waals surface area contributed by atoms with E-state index in [1.165, 1.54) is 6.92 Å². The fourth-order valence-corrected chi connectivity index (χ4v) is 4.81. The Balaban J connectivity index is 1.79. The molecule has 0 spiro atoms. The third kappa shape index (κ3) is 5.68. The number of anilines is 1. The van der Waals surface area contributed by atoms with Gasteiger partial charge in [0.25, 0.3) is 5.91 Å². The Hall–Kier alpha value is -2.90. The van der Waals surface area contributed by atoms with Gasteiger partial charge in [0.05, 0.1) is 16.9 Å². The van der Waals surface area contributed by atoms with Crippen molar-refractivity contribution >= 4 is 35.0 Å². The molecule has 1 saturated heterocycles. The van der Waals surface area contributed by atoms with Crippen molar-refractivity contribution < 1.29 is 19.5 Å². The number of benzene rings is 2. The van der Waals surface area contributed by atoms with Gasteiger partial charge in [-0.15, -0.1) is 0 Å². The normalized spacial score (nSPS) is 20.3. The van der Waals surface area contributed by atoms with Crippen molar-refractivity contribution in [3.05, 3.63) is 64.7 Å². The van der Waals surface area contributed by atoms with E-state index in [0.29, 0.717) is 30.2 Å². The number of nitrogens with zero attached hydrogens (tertiary/aromatic N) is 1. The molecule has 0 aliphatic carbocycles. The molecule has 3 amide bonds. The molecule has 0 saturated carbocycles. The zero-order valence-electron chi connectivity index (χ0n) is 20.9. The fourth-order valence-electron chi connectivity index (χ4n) is 4.68. The van der Waals surface area contributed by atoms with Gasteiger partial charge >= 0.3 is 0 Å². The summed E-state index contributed by atoms with van der Waals surface area (Å²) in [7, 11) is 0. The summed E-state index contributed by atoms with van der Waals surface area (Å²) < 4.78 is 0. The van der Waals surface area contributed by atoms with E-state index in [1.807, 2.05) is 39.8 Å². The van der Waals surface area contributed by atoms with Crippen molar-refractivity contribution in [2.75, 3.05) is 18.4 Å². The van der Waals surface area contributed by atoms with Crippen LogP contribution < -0.4 is 10.6 Å². The molecule has 3 rings (SSSR count). The molecule has 35 heavy (non-hydrogen) atoms. The smallest absolute Gasteiger partial charge is 0.254 e. The molecule has 188 valence electrons. The van der Waals surface area contributed by atoms with Gasteiger partial charge in [-0.05, 0) is 42.2 Å². The Morgan fingerprint density at radius 1 is 1.06 bits per heavy atom. The number of amides is 3. The number of rotatable bonds is 6. The topological polar surface area (TPSA) is 98.7 Å². The number of para-hydroxylation sites is 1. The van der Waals surface area contributed by atoms with Gasteiger partial charge in [-0.3, -0.25) is 14.4 Å². The fraction of sp³-hybridized carbons (Fsp3) is 0.444. The van der Waals surface area contributed by atoms with Crippen LogP contribution in [0.2, 0.25) is 5.02 Å².